The molecule has 118 valence electrons. The largest absolute Gasteiger partial charge is 0.311 e. The van der Waals surface area contributed by atoms with Crippen molar-refractivity contribution in [2.24, 2.45) is 11.8 Å². The quantitative estimate of drug-likeness (QED) is 0.775. The summed E-state index contributed by atoms with van der Waals surface area (Å²) in [6, 6.07) is 1.08. The molecule has 0 amide bonds. The van der Waals surface area contributed by atoms with E-state index >= 15 is 0 Å². The first-order valence-electron chi connectivity index (χ1n) is 8.09. The van der Waals surface area contributed by atoms with E-state index in [9.17, 15) is 8.42 Å². The summed E-state index contributed by atoms with van der Waals surface area (Å²) in [6.07, 6.45) is 3.83. The number of rotatable bonds is 7. The molecule has 0 spiro atoms. The Kier molecular flexibility index (Phi) is 5.49. The Balaban J connectivity index is 1.93. The molecule has 2 unspecified atom stereocenters. The van der Waals surface area contributed by atoms with Crippen molar-refractivity contribution in [3.63, 3.8) is 0 Å². The second kappa shape index (κ2) is 6.75. The van der Waals surface area contributed by atoms with Crippen molar-refractivity contribution < 1.29 is 8.42 Å². The van der Waals surface area contributed by atoms with Crippen LogP contribution < -0.4 is 5.32 Å². The van der Waals surface area contributed by atoms with Crippen molar-refractivity contribution in [2.75, 3.05) is 31.1 Å². The van der Waals surface area contributed by atoms with Gasteiger partial charge in [0.05, 0.1) is 5.75 Å². The maximum Gasteiger partial charge on any atom is 0.151 e. The van der Waals surface area contributed by atoms with Crippen LogP contribution in [-0.2, 0) is 9.84 Å². The van der Waals surface area contributed by atoms with E-state index in [1.54, 1.807) is 6.92 Å². The van der Waals surface area contributed by atoms with Crippen LogP contribution in [0.3, 0.4) is 0 Å². The zero-order valence-electron chi connectivity index (χ0n) is 13.1. The summed E-state index contributed by atoms with van der Waals surface area (Å²) < 4.78 is 23.5. The van der Waals surface area contributed by atoms with Gasteiger partial charge in [0, 0.05) is 37.5 Å². The van der Waals surface area contributed by atoms with E-state index in [2.05, 4.69) is 24.1 Å². The zero-order valence-corrected chi connectivity index (χ0v) is 14.0. The van der Waals surface area contributed by atoms with Crippen molar-refractivity contribution in [1.82, 2.24) is 10.2 Å². The normalized spacial score (nSPS) is 29.0. The monoisotopic (exact) mass is 302 g/mol. The lowest BCUT2D eigenvalue weighted by Crippen LogP contribution is -2.58. The summed E-state index contributed by atoms with van der Waals surface area (Å²) in [6.45, 7) is 8.98. The molecule has 0 radical (unpaired) electrons. The van der Waals surface area contributed by atoms with Crippen LogP contribution >= 0.6 is 0 Å². The lowest BCUT2D eigenvalue weighted by atomic mass is 9.98. The fourth-order valence-corrected chi connectivity index (χ4v) is 3.95. The Morgan fingerprint density at radius 2 is 2.00 bits per heavy atom. The molecule has 2 fully saturated rings. The topological polar surface area (TPSA) is 49.4 Å². The molecular weight excluding hydrogens is 272 g/mol. The van der Waals surface area contributed by atoms with Crippen LogP contribution in [0, 0.1) is 11.8 Å². The van der Waals surface area contributed by atoms with Gasteiger partial charge >= 0.3 is 0 Å². The van der Waals surface area contributed by atoms with E-state index in [0.29, 0.717) is 30.3 Å². The van der Waals surface area contributed by atoms with E-state index in [1.807, 2.05) is 0 Å². The average Bonchev–Trinajstić information content (AvgIpc) is 3.21. The van der Waals surface area contributed by atoms with Gasteiger partial charge in [0.15, 0.2) is 9.84 Å². The molecule has 2 rings (SSSR count). The second-order valence-corrected chi connectivity index (χ2v) is 9.34. The fourth-order valence-electron chi connectivity index (χ4n) is 3.15. The Morgan fingerprint density at radius 1 is 1.30 bits per heavy atom. The Hall–Kier alpha value is -0.130. The Morgan fingerprint density at radius 3 is 2.55 bits per heavy atom. The van der Waals surface area contributed by atoms with Crippen LogP contribution in [0.1, 0.15) is 40.0 Å². The van der Waals surface area contributed by atoms with Crippen LogP contribution in [0.5, 0.6) is 0 Å². The van der Waals surface area contributed by atoms with Gasteiger partial charge in [0.1, 0.15) is 0 Å². The predicted octanol–water partition coefficient (Wildman–Crippen LogP) is 1.52. The molecule has 1 aliphatic carbocycles. The highest BCUT2D eigenvalue weighted by Gasteiger charge is 2.37. The lowest BCUT2D eigenvalue weighted by molar-refractivity contribution is 0.114. The van der Waals surface area contributed by atoms with Crippen molar-refractivity contribution in [3.8, 4) is 0 Å². The van der Waals surface area contributed by atoms with Gasteiger partial charge in [-0.1, -0.05) is 20.8 Å². The van der Waals surface area contributed by atoms with Gasteiger partial charge < -0.3 is 5.32 Å². The number of piperazine rings is 1. The third-order valence-electron chi connectivity index (χ3n) is 4.63. The van der Waals surface area contributed by atoms with Gasteiger partial charge in [-0.2, -0.15) is 0 Å². The fraction of sp³-hybridized carbons (Fsp3) is 1.00. The molecule has 0 aromatic carbocycles. The molecule has 2 aliphatic rings. The van der Waals surface area contributed by atoms with Crippen LogP contribution in [0.15, 0.2) is 0 Å². The molecular formula is C15H30N2O2S. The maximum atomic E-state index is 11.8. The van der Waals surface area contributed by atoms with Gasteiger partial charge in [-0.3, -0.25) is 4.90 Å². The minimum absolute atomic E-state index is 0.264. The molecule has 0 aromatic heterocycles. The highest BCUT2D eigenvalue weighted by Crippen LogP contribution is 2.34. The summed E-state index contributed by atoms with van der Waals surface area (Å²) in [5.74, 6) is 2.07. The SMILES string of the molecule is CCS(=O)(=O)CCN1CC(C2CC2)NCC1CC(C)C. The highest BCUT2D eigenvalue weighted by molar-refractivity contribution is 7.91. The van der Waals surface area contributed by atoms with E-state index < -0.39 is 9.84 Å². The summed E-state index contributed by atoms with van der Waals surface area (Å²) in [5.41, 5.74) is 0. The minimum Gasteiger partial charge on any atom is -0.311 e. The minimum atomic E-state index is -2.85. The zero-order chi connectivity index (χ0) is 14.8. The summed E-state index contributed by atoms with van der Waals surface area (Å²) >= 11 is 0. The van der Waals surface area contributed by atoms with Gasteiger partial charge in [-0.15, -0.1) is 0 Å². The summed E-state index contributed by atoms with van der Waals surface area (Å²) in [7, 11) is -2.85. The lowest BCUT2D eigenvalue weighted by Gasteiger charge is -2.41. The standard InChI is InChI=1S/C15H30N2O2S/c1-4-20(18,19)8-7-17-11-15(13-5-6-13)16-10-14(17)9-12(2)3/h12-16H,4-11H2,1-3H3. The molecule has 20 heavy (non-hydrogen) atoms. The second-order valence-electron chi connectivity index (χ2n) is 6.87. The first-order valence-corrected chi connectivity index (χ1v) is 9.91. The van der Waals surface area contributed by atoms with Crippen molar-refractivity contribution in [2.45, 2.75) is 52.1 Å². The molecule has 0 bridgehead atoms. The molecule has 1 N–H and O–H groups in total. The first-order chi connectivity index (χ1) is 9.41. The van der Waals surface area contributed by atoms with Gasteiger partial charge in [-0.05, 0) is 31.1 Å². The molecule has 2 atom stereocenters. The van der Waals surface area contributed by atoms with Crippen LogP contribution in [0.2, 0.25) is 0 Å². The van der Waals surface area contributed by atoms with E-state index in [1.165, 1.54) is 12.8 Å². The molecule has 1 heterocycles. The van der Waals surface area contributed by atoms with E-state index in [0.717, 1.165) is 25.4 Å². The number of hydrogen-bond acceptors (Lipinski definition) is 4. The van der Waals surface area contributed by atoms with Crippen molar-refractivity contribution >= 4 is 9.84 Å². The first kappa shape index (κ1) is 16.2. The van der Waals surface area contributed by atoms with Crippen LogP contribution in [0.4, 0.5) is 0 Å². The Bertz CT molecular complexity index is 404. The predicted molar refractivity (Wildman–Crippen MR) is 83.7 cm³/mol. The number of sulfone groups is 1. The smallest absolute Gasteiger partial charge is 0.151 e. The van der Waals surface area contributed by atoms with Gasteiger partial charge in [0.25, 0.3) is 0 Å². The summed E-state index contributed by atoms with van der Waals surface area (Å²) in [5, 5.41) is 3.69. The van der Waals surface area contributed by atoms with E-state index in [4.69, 9.17) is 0 Å². The third-order valence-corrected chi connectivity index (χ3v) is 6.31. The molecule has 1 aliphatic heterocycles. The molecule has 1 saturated heterocycles. The molecule has 5 heteroatoms. The summed E-state index contributed by atoms with van der Waals surface area (Å²) in [4.78, 5) is 2.44. The van der Waals surface area contributed by atoms with Crippen LogP contribution in [0.25, 0.3) is 0 Å². The molecule has 1 saturated carbocycles. The molecule has 0 aromatic rings. The highest BCUT2D eigenvalue weighted by atomic mass is 32.2. The number of nitrogens with zero attached hydrogens (tertiary/aromatic N) is 1. The third kappa shape index (κ3) is 4.71. The Labute approximate surface area is 124 Å². The van der Waals surface area contributed by atoms with Crippen LogP contribution in [-0.4, -0.2) is 56.5 Å². The van der Waals surface area contributed by atoms with Crippen molar-refractivity contribution in [3.05, 3.63) is 0 Å². The van der Waals surface area contributed by atoms with E-state index in [-0.39, 0.29) is 5.75 Å². The van der Waals surface area contributed by atoms with Gasteiger partial charge in [-0.25, -0.2) is 8.42 Å². The average molecular weight is 302 g/mol. The number of nitrogens with one attached hydrogen (secondary N) is 1. The number of hydrogen-bond donors (Lipinski definition) is 1. The molecule has 4 nitrogen and oxygen atoms in total. The van der Waals surface area contributed by atoms with Gasteiger partial charge in [0.2, 0.25) is 0 Å². The maximum absolute atomic E-state index is 11.8. The van der Waals surface area contributed by atoms with Crippen molar-refractivity contribution in [1.29, 1.82) is 0 Å².